The summed E-state index contributed by atoms with van der Waals surface area (Å²) >= 11 is 0. The van der Waals surface area contributed by atoms with Crippen LogP contribution in [0.3, 0.4) is 0 Å². The normalized spacial score (nSPS) is 29.8. The van der Waals surface area contributed by atoms with Gasteiger partial charge >= 0.3 is 5.97 Å². The maximum Gasteiger partial charge on any atom is 0.305 e. The first-order chi connectivity index (χ1) is 22.1. The van der Waals surface area contributed by atoms with Crippen molar-refractivity contribution >= 4 is 22.7 Å². The van der Waals surface area contributed by atoms with Crippen molar-refractivity contribution in [1.82, 2.24) is 0 Å². The van der Waals surface area contributed by atoms with Crippen LogP contribution in [-0.4, -0.2) is 32.1 Å². The van der Waals surface area contributed by atoms with E-state index in [-0.39, 0.29) is 34.1 Å². The molecule has 6 atom stereocenters. The van der Waals surface area contributed by atoms with E-state index in [2.05, 4.69) is 13.8 Å². The zero-order valence-corrected chi connectivity index (χ0v) is 27.7. The lowest BCUT2D eigenvalue weighted by Crippen LogP contribution is -2.51. The minimum Gasteiger partial charge on any atom is -0.493 e. The van der Waals surface area contributed by atoms with E-state index in [1.807, 2.05) is 43.3 Å². The second-order valence-electron chi connectivity index (χ2n) is 13.9. The summed E-state index contributed by atoms with van der Waals surface area (Å²) in [5, 5.41) is 0.436. The second kappa shape index (κ2) is 12.7. The van der Waals surface area contributed by atoms with Crippen molar-refractivity contribution in [3.8, 4) is 22.8 Å². The predicted molar refractivity (Wildman–Crippen MR) is 178 cm³/mol. The molecular weight excluding hydrogens is 580 g/mol. The monoisotopic (exact) mass is 626 g/mol. The Morgan fingerprint density at radius 3 is 2.39 bits per heavy atom. The highest BCUT2D eigenvalue weighted by Crippen LogP contribution is 2.65. The fourth-order valence-corrected chi connectivity index (χ4v) is 9.25. The van der Waals surface area contributed by atoms with Crippen molar-refractivity contribution in [2.45, 2.75) is 84.7 Å². The maximum atomic E-state index is 12.6. The molecule has 3 fully saturated rings. The summed E-state index contributed by atoms with van der Waals surface area (Å²) in [6.45, 7) is 6.69. The van der Waals surface area contributed by atoms with Crippen LogP contribution >= 0.6 is 0 Å². The highest BCUT2D eigenvalue weighted by molar-refractivity contribution is 5.91. The SMILES string of the molecule is CCC(=O)OC1CCC2C3CCC4=CC(=O)CCC4(C)C3CCC12C.COc1c(-c2ccccc2)oc2c(OC)cccc2c1=O. The molecule has 1 heterocycles. The molecule has 0 N–H and O–H groups in total. The fraction of sp³-hybridized carbons (Fsp3) is 0.513. The molecule has 7 heteroatoms. The second-order valence-corrected chi connectivity index (χ2v) is 13.9. The number of allylic oxidation sites excluding steroid dienone is 1. The molecule has 0 amide bonds. The van der Waals surface area contributed by atoms with Crippen LogP contribution in [0.15, 0.2) is 69.4 Å². The van der Waals surface area contributed by atoms with E-state index in [1.54, 1.807) is 25.3 Å². The third-order valence-electron chi connectivity index (χ3n) is 11.7. The highest BCUT2D eigenvalue weighted by atomic mass is 16.5. The Morgan fingerprint density at radius 1 is 0.891 bits per heavy atom. The number of ether oxygens (including phenoxy) is 3. The van der Waals surface area contributed by atoms with Gasteiger partial charge in [-0.15, -0.1) is 0 Å². The first-order valence-electron chi connectivity index (χ1n) is 16.8. The van der Waals surface area contributed by atoms with Crippen LogP contribution in [0.25, 0.3) is 22.3 Å². The zero-order chi connectivity index (χ0) is 32.6. The van der Waals surface area contributed by atoms with E-state index in [1.165, 1.54) is 31.9 Å². The van der Waals surface area contributed by atoms with Gasteiger partial charge in [0.1, 0.15) is 6.10 Å². The van der Waals surface area contributed by atoms with Gasteiger partial charge in [-0.2, -0.15) is 0 Å². The Labute approximate surface area is 271 Å². The van der Waals surface area contributed by atoms with Gasteiger partial charge in [-0.1, -0.05) is 62.7 Å². The molecule has 46 heavy (non-hydrogen) atoms. The predicted octanol–water partition coefficient (Wildman–Crippen LogP) is 8.32. The number of hydrogen-bond acceptors (Lipinski definition) is 7. The number of carbonyl (C=O) groups is 2. The molecule has 3 aromatic rings. The van der Waals surface area contributed by atoms with Crippen molar-refractivity contribution in [2.75, 3.05) is 14.2 Å². The molecule has 4 aliphatic carbocycles. The number of esters is 1. The van der Waals surface area contributed by atoms with Crippen molar-refractivity contribution < 1.29 is 28.2 Å². The van der Waals surface area contributed by atoms with Gasteiger partial charge in [0.05, 0.1) is 19.6 Å². The third-order valence-corrected chi connectivity index (χ3v) is 11.7. The standard InChI is InChI=1S/C22H32O3.C17H14O4/c1-4-20(24)25-19-8-7-17-16-6-5-14-13-15(23)9-11-21(14,2)18(16)10-12-22(17,19)3;1-19-13-10-6-9-12-14(18)17(20-2)15(21-16(12)13)11-7-4-3-5-8-11/h13,16-19H,4-12H2,1-3H3;3-10H,1-2H3. The van der Waals surface area contributed by atoms with E-state index in [0.717, 1.165) is 43.6 Å². The summed E-state index contributed by atoms with van der Waals surface area (Å²) in [7, 11) is 3.01. The van der Waals surface area contributed by atoms with Crippen LogP contribution in [0.4, 0.5) is 0 Å². The molecule has 0 aliphatic heterocycles. The van der Waals surface area contributed by atoms with Gasteiger partial charge in [-0.25, -0.2) is 0 Å². The molecule has 4 aliphatic rings. The van der Waals surface area contributed by atoms with E-state index in [0.29, 0.717) is 46.5 Å². The largest absolute Gasteiger partial charge is 0.493 e. The molecule has 3 saturated carbocycles. The van der Waals surface area contributed by atoms with Crippen molar-refractivity contribution in [1.29, 1.82) is 0 Å². The number of carbonyl (C=O) groups excluding carboxylic acids is 2. The van der Waals surface area contributed by atoms with Crippen LogP contribution in [0, 0.1) is 28.6 Å². The van der Waals surface area contributed by atoms with E-state index in [4.69, 9.17) is 18.6 Å². The molecule has 0 spiro atoms. The number of hydrogen-bond donors (Lipinski definition) is 0. The molecule has 7 nitrogen and oxygen atoms in total. The van der Waals surface area contributed by atoms with Gasteiger partial charge < -0.3 is 18.6 Å². The summed E-state index contributed by atoms with van der Waals surface area (Å²) in [6.07, 6.45) is 11.3. The summed E-state index contributed by atoms with van der Waals surface area (Å²) in [5.74, 6) is 3.53. The number of para-hydroxylation sites is 1. The van der Waals surface area contributed by atoms with Crippen LogP contribution < -0.4 is 14.9 Å². The number of ketones is 1. The Balaban J connectivity index is 0.000000164. The Bertz CT molecular complexity index is 1700. The van der Waals surface area contributed by atoms with E-state index in [9.17, 15) is 14.4 Å². The lowest BCUT2D eigenvalue weighted by molar-refractivity contribution is -0.159. The van der Waals surface area contributed by atoms with Crippen molar-refractivity contribution in [2.24, 2.45) is 28.6 Å². The van der Waals surface area contributed by atoms with Gasteiger partial charge in [-0.3, -0.25) is 14.4 Å². The Kier molecular flexibility index (Phi) is 8.88. The van der Waals surface area contributed by atoms with Crippen molar-refractivity contribution in [3.63, 3.8) is 0 Å². The lowest BCUT2D eigenvalue weighted by Gasteiger charge is -2.57. The van der Waals surface area contributed by atoms with Gasteiger partial charge in [0.15, 0.2) is 22.9 Å². The molecule has 0 bridgehead atoms. The minimum atomic E-state index is -0.212. The Hall–Kier alpha value is -3.87. The summed E-state index contributed by atoms with van der Waals surface area (Å²) < 4.78 is 22.3. The molecule has 0 radical (unpaired) electrons. The fourth-order valence-electron chi connectivity index (χ4n) is 9.25. The van der Waals surface area contributed by atoms with Crippen LogP contribution in [0.1, 0.15) is 78.6 Å². The maximum absolute atomic E-state index is 12.6. The minimum absolute atomic E-state index is 0.0411. The van der Waals surface area contributed by atoms with Crippen molar-refractivity contribution in [3.05, 3.63) is 70.4 Å². The van der Waals surface area contributed by atoms with Crippen LogP contribution in [0.2, 0.25) is 0 Å². The summed E-state index contributed by atoms with van der Waals surface area (Å²) in [4.78, 5) is 36.4. The topological polar surface area (TPSA) is 92.0 Å². The molecule has 7 rings (SSSR count). The third kappa shape index (κ3) is 5.46. The lowest BCUT2D eigenvalue weighted by atomic mass is 9.47. The molecule has 0 saturated heterocycles. The van der Waals surface area contributed by atoms with E-state index < -0.39 is 0 Å². The van der Waals surface area contributed by atoms with Crippen LogP contribution in [-0.2, 0) is 14.3 Å². The molecule has 1 aromatic heterocycles. The molecule has 6 unspecified atom stereocenters. The average molecular weight is 627 g/mol. The summed E-state index contributed by atoms with van der Waals surface area (Å²) in [5.41, 5.74) is 2.81. The van der Waals surface area contributed by atoms with Crippen LogP contribution in [0.5, 0.6) is 11.5 Å². The highest BCUT2D eigenvalue weighted by Gasteiger charge is 2.59. The number of rotatable bonds is 5. The average Bonchev–Trinajstić information content (AvgIpc) is 3.41. The van der Waals surface area contributed by atoms with Gasteiger partial charge in [-0.05, 0) is 86.3 Å². The number of methoxy groups -OCH3 is 2. The number of benzene rings is 2. The molecule has 2 aromatic carbocycles. The van der Waals surface area contributed by atoms with Gasteiger partial charge in [0, 0.05) is 23.8 Å². The van der Waals surface area contributed by atoms with E-state index >= 15 is 0 Å². The Morgan fingerprint density at radius 2 is 1.67 bits per heavy atom. The van der Waals surface area contributed by atoms with Gasteiger partial charge in [0.25, 0.3) is 0 Å². The smallest absolute Gasteiger partial charge is 0.305 e. The molecule has 244 valence electrons. The van der Waals surface area contributed by atoms with Gasteiger partial charge in [0.2, 0.25) is 11.2 Å². The molecular formula is C39H46O7. The quantitative estimate of drug-likeness (QED) is 0.263. The first-order valence-corrected chi connectivity index (χ1v) is 16.8. The zero-order valence-electron chi connectivity index (χ0n) is 27.7. The first kappa shape index (κ1) is 32.1. The summed E-state index contributed by atoms with van der Waals surface area (Å²) in [6, 6.07) is 14.6. The number of fused-ring (bicyclic) bond motifs is 6.